The minimum absolute atomic E-state index is 0.0620. The summed E-state index contributed by atoms with van der Waals surface area (Å²) in [6.07, 6.45) is 1.42. The van der Waals surface area contributed by atoms with Gasteiger partial charge in [-0.3, -0.25) is 4.79 Å². The first kappa shape index (κ1) is 17.1. The minimum atomic E-state index is -0.515. The summed E-state index contributed by atoms with van der Waals surface area (Å²) in [5.74, 6) is -0.256. The van der Waals surface area contributed by atoms with Crippen LogP contribution < -0.4 is 10.1 Å². The molecule has 0 aliphatic rings. The Morgan fingerprint density at radius 1 is 1.15 bits per heavy atom. The van der Waals surface area contributed by atoms with Crippen LogP contribution in [0.25, 0.3) is 16.8 Å². The van der Waals surface area contributed by atoms with Gasteiger partial charge in [-0.05, 0) is 35.2 Å². The fourth-order valence-corrected chi connectivity index (χ4v) is 2.64. The highest BCUT2D eigenvalue weighted by Crippen LogP contribution is 2.27. The van der Waals surface area contributed by atoms with Crippen LogP contribution in [0.4, 0.5) is 5.69 Å². The topological polar surface area (TPSA) is 82.3 Å². The second-order valence-electron chi connectivity index (χ2n) is 5.58. The lowest BCUT2D eigenvalue weighted by molar-refractivity contribution is -0.112. The van der Waals surface area contributed by atoms with Crippen LogP contribution >= 0.6 is 0 Å². The van der Waals surface area contributed by atoms with E-state index in [1.807, 2.05) is 42.5 Å². The van der Waals surface area contributed by atoms with Crippen molar-refractivity contribution in [3.05, 3.63) is 71.8 Å². The number of phenolic OH excluding ortho intramolecular Hbond substituents is 1. The van der Waals surface area contributed by atoms with E-state index >= 15 is 0 Å². The quantitative estimate of drug-likeness (QED) is 0.551. The number of anilines is 1. The summed E-state index contributed by atoms with van der Waals surface area (Å²) < 4.78 is 4.98. The second-order valence-corrected chi connectivity index (χ2v) is 5.58. The molecule has 5 nitrogen and oxygen atoms in total. The maximum Gasteiger partial charge on any atom is 0.266 e. The van der Waals surface area contributed by atoms with Gasteiger partial charge in [-0.1, -0.05) is 42.5 Å². The van der Waals surface area contributed by atoms with Gasteiger partial charge in [0.15, 0.2) is 11.5 Å². The summed E-state index contributed by atoms with van der Waals surface area (Å²) in [7, 11) is 1.45. The molecule has 0 heterocycles. The summed E-state index contributed by atoms with van der Waals surface area (Å²) in [6.45, 7) is 0. The van der Waals surface area contributed by atoms with E-state index in [1.165, 1.54) is 19.3 Å². The average Bonchev–Trinajstić information content (AvgIpc) is 2.66. The van der Waals surface area contributed by atoms with E-state index < -0.39 is 5.91 Å². The third-order valence-electron chi connectivity index (χ3n) is 3.92. The monoisotopic (exact) mass is 344 g/mol. The molecular weight excluding hydrogens is 328 g/mol. The molecule has 0 fully saturated rings. The highest BCUT2D eigenvalue weighted by molar-refractivity contribution is 6.12. The number of methoxy groups -OCH3 is 1. The molecule has 0 spiro atoms. The van der Waals surface area contributed by atoms with Gasteiger partial charge in [-0.2, -0.15) is 5.26 Å². The third kappa shape index (κ3) is 3.50. The Balaban J connectivity index is 1.89. The predicted octanol–water partition coefficient (Wildman–Crippen LogP) is 4.10. The molecule has 5 heteroatoms. The van der Waals surface area contributed by atoms with Crippen molar-refractivity contribution in [1.82, 2.24) is 0 Å². The van der Waals surface area contributed by atoms with Crippen LogP contribution in [0.2, 0.25) is 0 Å². The van der Waals surface area contributed by atoms with Crippen molar-refractivity contribution >= 4 is 28.4 Å². The largest absolute Gasteiger partial charge is 0.504 e. The highest BCUT2D eigenvalue weighted by Gasteiger charge is 2.12. The Labute approximate surface area is 150 Å². The van der Waals surface area contributed by atoms with E-state index in [0.717, 1.165) is 10.8 Å². The molecule has 3 aromatic rings. The maximum absolute atomic E-state index is 12.5. The summed E-state index contributed by atoms with van der Waals surface area (Å²) in [6, 6.07) is 19.8. The Kier molecular flexibility index (Phi) is 4.86. The molecule has 0 bridgehead atoms. The number of phenols is 1. The smallest absolute Gasteiger partial charge is 0.266 e. The van der Waals surface area contributed by atoms with Crippen LogP contribution in [0.5, 0.6) is 11.5 Å². The van der Waals surface area contributed by atoms with Crippen molar-refractivity contribution in [3.8, 4) is 17.6 Å². The Hall–Kier alpha value is -3.78. The number of carbonyl (C=O) groups is 1. The molecule has 0 saturated carbocycles. The predicted molar refractivity (Wildman–Crippen MR) is 101 cm³/mol. The van der Waals surface area contributed by atoms with Crippen molar-refractivity contribution in [2.24, 2.45) is 0 Å². The molecule has 3 aromatic carbocycles. The maximum atomic E-state index is 12.5. The zero-order valence-electron chi connectivity index (χ0n) is 14.1. The average molecular weight is 344 g/mol. The standard InChI is InChI=1S/C21H16N2O3/c1-26-20-10-9-14(12-19(20)24)11-16(13-22)21(25)23-18-8-4-6-15-5-2-3-7-17(15)18/h2-12,24H,1H3,(H,23,25). The van der Waals surface area contributed by atoms with Gasteiger partial charge in [0.05, 0.1) is 7.11 Å². The number of carbonyl (C=O) groups excluding carboxylic acids is 1. The van der Waals surface area contributed by atoms with E-state index in [4.69, 9.17) is 4.74 Å². The fourth-order valence-electron chi connectivity index (χ4n) is 2.64. The van der Waals surface area contributed by atoms with E-state index in [-0.39, 0.29) is 11.3 Å². The molecule has 128 valence electrons. The van der Waals surface area contributed by atoms with E-state index in [0.29, 0.717) is 17.0 Å². The van der Waals surface area contributed by atoms with Crippen molar-refractivity contribution in [1.29, 1.82) is 5.26 Å². The van der Waals surface area contributed by atoms with Crippen LogP contribution in [0, 0.1) is 11.3 Å². The number of amides is 1. The first-order valence-corrected chi connectivity index (χ1v) is 7.90. The number of nitrogens with zero attached hydrogens (tertiary/aromatic N) is 1. The fraction of sp³-hybridized carbons (Fsp3) is 0.0476. The van der Waals surface area contributed by atoms with Gasteiger partial charge in [0.2, 0.25) is 0 Å². The summed E-state index contributed by atoms with van der Waals surface area (Å²) in [4.78, 5) is 12.5. The van der Waals surface area contributed by atoms with Gasteiger partial charge in [0, 0.05) is 11.1 Å². The van der Waals surface area contributed by atoms with Gasteiger partial charge < -0.3 is 15.2 Å². The summed E-state index contributed by atoms with van der Waals surface area (Å²) in [5.41, 5.74) is 1.09. The van der Waals surface area contributed by atoms with Crippen molar-refractivity contribution in [2.45, 2.75) is 0 Å². The molecule has 0 saturated heterocycles. The Morgan fingerprint density at radius 2 is 1.92 bits per heavy atom. The summed E-state index contributed by atoms with van der Waals surface area (Å²) in [5, 5.41) is 23.8. The first-order valence-electron chi connectivity index (χ1n) is 7.90. The number of nitriles is 1. The molecule has 2 N–H and O–H groups in total. The van der Waals surface area contributed by atoms with E-state index in [9.17, 15) is 15.2 Å². The molecule has 1 amide bonds. The van der Waals surface area contributed by atoms with Gasteiger partial charge in [-0.15, -0.1) is 0 Å². The van der Waals surface area contributed by atoms with Gasteiger partial charge in [0.25, 0.3) is 5.91 Å². The molecule has 3 rings (SSSR count). The van der Waals surface area contributed by atoms with Gasteiger partial charge >= 0.3 is 0 Å². The zero-order chi connectivity index (χ0) is 18.5. The number of rotatable bonds is 4. The van der Waals surface area contributed by atoms with E-state index in [1.54, 1.807) is 18.2 Å². The molecule has 0 unspecified atom stereocenters. The SMILES string of the molecule is COc1ccc(C=C(C#N)C(=O)Nc2cccc3ccccc23)cc1O. The van der Waals surface area contributed by atoms with Crippen LogP contribution in [0.1, 0.15) is 5.56 Å². The Morgan fingerprint density at radius 3 is 2.65 bits per heavy atom. The minimum Gasteiger partial charge on any atom is -0.504 e. The molecule has 26 heavy (non-hydrogen) atoms. The van der Waals surface area contributed by atoms with Crippen LogP contribution in [-0.2, 0) is 4.79 Å². The molecule has 0 aromatic heterocycles. The van der Waals surface area contributed by atoms with Crippen LogP contribution in [0.15, 0.2) is 66.2 Å². The number of aromatic hydroxyl groups is 1. The lowest BCUT2D eigenvalue weighted by atomic mass is 10.1. The van der Waals surface area contributed by atoms with Crippen molar-refractivity contribution in [2.75, 3.05) is 12.4 Å². The molecule has 0 radical (unpaired) electrons. The molecule has 0 atom stereocenters. The number of fused-ring (bicyclic) bond motifs is 1. The number of hydrogen-bond acceptors (Lipinski definition) is 4. The second kappa shape index (κ2) is 7.41. The van der Waals surface area contributed by atoms with Crippen molar-refractivity contribution < 1.29 is 14.6 Å². The van der Waals surface area contributed by atoms with Gasteiger partial charge in [0.1, 0.15) is 11.6 Å². The highest BCUT2D eigenvalue weighted by atomic mass is 16.5. The lowest BCUT2D eigenvalue weighted by Gasteiger charge is -2.08. The first-order chi connectivity index (χ1) is 12.6. The number of ether oxygens (including phenoxy) is 1. The zero-order valence-corrected chi connectivity index (χ0v) is 14.1. The molecule has 0 aliphatic heterocycles. The van der Waals surface area contributed by atoms with Crippen LogP contribution in [-0.4, -0.2) is 18.1 Å². The number of nitrogens with one attached hydrogen (secondary N) is 1. The van der Waals surface area contributed by atoms with Crippen molar-refractivity contribution in [3.63, 3.8) is 0 Å². The summed E-state index contributed by atoms with van der Waals surface area (Å²) >= 11 is 0. The Bertz CT molecular complexity index is 1040. The lowest BCUT2D eigenvalue weighted by Crippen LogP contribution is -2.13. The molecular formula is C21H16N2O3. The number of hydrogen-bond donors (Lipinski definition) is 2. The molecule has 0 aliphatic carbocycles. The third-order valence-corrected chi connectivity index (χ3v) is 3.92. The number of benzene rings is 3. The normalized spacial score (nSPS) is 11.0. The van der Waals surface area contributed by atoms with Gasteiger partial charge in [-0.25, -0.2) is 0 Å². The van der Waals surface area contributed by atoms with E-state index in [2.05, 4.69) is 5.32 Å². The van der Waals surface area contributed by atoms with Crippen LogP contribution in [0.3, 0.4) is 0 Å².